The molecule has 0 saturated heterocycles. The van der Waals surface area contributed by atoms with Crippen molar-refractivity contribution in [2.75, 3.05) is 19.9 Å². The van der Waals surface area contributed by atoms with Crippen molar-refractivity contribution in [2.45, 2.75) is 6.54 Å². The van der Waals surface area contributed by atoms with Gasteiger partial charge in [-0.1, -0.05) is 0 Å². The highest BCUT2D eigenvalue weighted by Crippen LogP contribution is 2.32. The van der Waals surface area contributed by atoms with E-state index in [0.717, 1.165) is 0 Å². The van der Waals surface area contributed by atoms with E-state index in [0.29, 0.717) is 22.8 Å². The lowest BCUT2D eigenvalue weighted by molar-refractivity contribution is -0.125. The second-order valence-electron chi connectivity index (χ2n) is 5.38. The third-order valence-electron chi connectivity index (χ3n) is 3.53. The van der Waals surface area contributed by atoms with Gasteiger partial charge in [-0.05, 0) is 30.3 Å². The number of carbonyl (C=O) groups excluding carboxylic acids is 3. The van der Waals surface area contributed by atoms with Gasteiger partial charge in [0.25, 0.3) is 5.91 Å². The molecular formula is C17H17N3O6. The van der Waals surface area contributed by atoms with Gasteiger partial charge in [0, 0.05) is 5.56 Å². The highest BCUT2D eigenvalue weighted by atomic mass is 16.7. The summed E-state index contributed by atoms with van der Waals surface area (Å²) in [5.41, 5.74) is 0.346. The minimum Gasteiger partial charge on any atom is -0.467 e. The number of ether oxygens (including phenoxy) is 2. The summed E-state index contributed by atoms with van der Waals surface area (Å²) in [6.45, 7) is -0.0917. The van der Waals surface area contributed by atoms with Crippen LogP contribution in [0.1, 0.15) is 16.1 Å². The molecule has 1 aliphatic rings. The Morgan fingerprint density at radius 2 is 1.69 bits per heavy atom. The Kier molecular flexibility index (Phi) is 5.37. The van der Waals surface area contributed by atoms with Gasteiger partial charge in [-0.15, -0.1) is 0 Å². The van der Waals surface area contributed by atoms with E-state index in [1.165, 1.54) is 12.3 Å². The standard InChI is InChI=1S/C17H17N3O6/c21-15(18-7-12-2-1-5-24-12)8-19-16(22)9-20-17(23)11-3-4-13-14(6-11)26-10-25-13/h1-6H,7-10H2,(H,18,21)(H,19,22)(H,20,23). The number of carbonyl (C=O) groups is 3. The van der Waals surface area contributed by atoms with Crippen molar-refractivity contribution in [1.82, 2.24) is 16.0 Å². The fourth-order valence-electron chi connectivity index (χ4n) is 2.20. The van der Waals surface area contributed by atoms with E-state index >= 15 is 0 Å². The summed E-state index contributed by atoms with van der Waals surface area (Å²) in [7, 11) is 0. The summed E-state index contributed by atoms with van der Waals surface area (Å²) in [5, 5.41) is 7.49. The first-order valence-electron chi connectivity index (χ1n) is 7.85. The Morgan fingerprint density at radius 3 is 2.50 bits per heavy atom. The number of hydrogen-bond donors (Lipinski definition) is 3. The van der Waals surface area contributed by atoms with Gasteiger partial charge in [-0.3, -0.25) is 14.4 Å². The minimum absolute atomic E-state index is 0.116. The van der Waals surface area contributed by atoms with Crippen LogP contribution in [-0.4, -0.2) is 37.6 Å². The van der Waals surface area contributed by atoms with Gasteiger partial charge >= 0.3 is 0 Å². The van der Waals surface area contributed by atoms with Crippen molar-refractivity contribution in [3.05, 3.63) is 47.9 Å². The number of rotatable bonds is 7. The highest BCUT2D eigenvalue weighted by Gasteiger charge is 2.16. The van der Waals surface area contributed by atoms with Crippen molar-refractivity contribution in [1.29, 1.82) is 0 Å². The van der Waals surface area contributed by atoms with Crippen LogP contribution in [0.15, 0.2) is 41.0 Å². The molecule has 1 aromatic carbocycles. The maximum atomic E-state index is 12.0. The van der Waals surface area contributed by atoms with Crippen LogP contribution < -0.4 is 25.4 Å². The lowest BCUT2D eigenvalue weighted by Crippen LogP contribution is -2.41. The van der Waals surface area contributed by atoms with E-state index in [-0.39, 0.29) is 32.3 Å². The van der Waals surface area contributed by atoms with Crippen molar-refractivity contribution >= 4 is 17.7 Å². The van der Waals surface area contributed by atoms with Crippen molar-refractivity contribution in [2.24, 2.45) is 0 Å². The first kappa shape index (κ1) is 17.3. The van der Waals surface area contributed by atoms with Crippen molar-refractivity contribution < 1.29 is 28.3 Å². The molecule has 1 aliphatic heterocycles. The first-order chi connectivity index (χ1) is 12.6. The quantitative estimate of drug-likeness (QED) is 0.648. The fourth-order valence-corrected chi connectivity index (χ4v) is 2.20. The van der Waals surface area contributed by atoms with E-state index in [1.54, 1.807) is 24.3 Å². The Morgan fingerprint density at radius 1 is 0.923 bits per heavy atom. The number of hydrogen-bond acceptors (Lipinski definition) is 6. The largest absolute Gasteiger partial charge is 0.467 e. The van der Waals surface area contributed by atoms with Crippen LogP contribution in [0.3, 0.4) is 0 Å². The van der Waals surface area contributed by atoms with E-state index in [1.807, 2.05) is 0 Å². The molecule has 0 saturated carbocycles. The molecule has 1 aromatic heterocycles. The molecule has 9 heteroatoms. The Bertz CT molecular complexity index is 803. The molecular weight excluding hydrogens is 342 g/mol. The average molecular weight is 359 g/mol. The van der Waals surface area contributed by atoms with Gasteiger partial charge in [0.1, 0.15) is 5.76 Å². The molecule has 0 bridgehead atoms. The van der Waals surface area contributed by atoms with Gasteiger partial charge in [0.15, 0.2) is 11.5 Å². The van der Waals surface area contributed by atoms with Crippen LogP contribution >= 0.6 is 0 Å². The van der Waals surface area contributed by atoms with Crippen LogP contribution in [0.25, 0.3) is 0 Å². The summed E-state index contributed by atoms with van der Waals surface area (Å²) in [6, 6.07) is 8.18. The average Bonchev–Trinajstić information content (AvgIpc) is 3.33. The second-order valence-corrected chi connectivity index (χ2v) is 5.38. The molecule has 26 heavy (non-hydrogen) atoms. The van der Waals surface area contributed by atoms with Crippen LogP contribution in [0.2, 0.25) is 0 Å². The molecule has 2 aromatic rings. The van der Waals surface area contributed by atoms with Gasteiger partial charge in [0.05, 0.1) is 25.9 Å². The SMILES string of the molecule is O=C(CNC(=O)CNC(=O)c1ccc2c(c1)OCO2)NCc1ccco1. The Balaban J connectivity index is 1.37. The number of amides is 3. The second kappa shape index (κ2) is 8.06. The van der Waals surface area contributed by atoms with Crippen LogP contribution in [0.5, 0.6) is 11.5 Å². The van der Waals surface area contributed by atoms with Gasteiger partial charge in [-0.25, -0.2) is 0 Å². The monoisotopic (exact) mass is 359 g/mol. The predicted octanol–water partition coefficient (Wildman–Crippen LogP) is 0.171. The van der Waals surface area contributed by atoms with Crippen molar-refractivity contribution in [3.63, 3.8) is 0 Å². The molecule has 0 radical (unpaired) electrons. The summed E-state index contributed by atoms with van der Waals surface area (Å²) in [5.74, 6) is 0.389. The smallest absolute Gasteiger partial charge is 0.251 e. The number of benzene rings is 1. The van der Waals surface area contributed by atoms with Crippen LogP contribution in [0, 0.1) is 0 Å². The zero-order valence-electron chi connectivity index (χ0n) is 13.7. The lowest BCUT2D eigenvalue weighted by Gasteiger charge is -2.08. The third kappa shape index (κ3) is 4.53. The Hall–Kier alpha value is -3.49. The summed E-state index contributed by atoms with van der Waals surface area (Å²) in [4.78, 5) is 35.4. The maximum absolute atomic E-state index is 12.0. The lowest BCUT2D eigenvalue weighted by atomic mass is 10.2. The number of fused-ring (bicyclic) bond motifs is 1. The number of furan rings is 1. The zero-order chi connectivity index (χ0) is 18.4. The van der Waals surface area contributed by atoms with Gasteiger partial charge < -0.3 is 29.8 Å². The minimum atomic E-state index is -0.479. The molecule has 0 atom stereocenters. The molecule has 2 heterocycles. The molecule has 3 N–H and O–H groups in total. The zero-order valence-corrected chi connectivity index (χ0v) is 13.7. The normalized spacial score (nSPS) is 11.7. The molecule has 3 amide bonds. The molecule has 3 rings (SSSR count). The van der Waals surface area contributed by atoms with E-state index in [9.17, 15) is 14.4 Å². The molecule has 9 nitrogen and oxygen atoms in total. The topological polar surface area (TPSA) is 119 Å². The van der Waals surface area contributed by atoms with Gasteiger partial charge in [-0.2, -0.15) is 0 Å². The molecule has 0 fully saturated rings. The van der Waals surface area contributed by atoms with E-state index < -0.39 is 11.8 Å². The third-order valence-corrected chi connectivity index (χ3v) is 3.53. The summed E-state index contributed by atoms with van der Waals surface area (Å²) >= 11 is 0. The summed E-state index contributed by atoms with van der Waals surface area (Å²) < 4.78 is 15.4. The molecule has 0 spiro atoms. The maximum Gasteiger partial charge on any atom is 0.251 e. The number of nitrogens with one attached hydrogen (secondary N) is 3. The predicted molar refractivity (Wildman–Crippen MR) is 88.5 cm³/mol. The van der Waals surface area contributed by atoms with Crippen LogP contribution in [0.4, 0.5) is 0 Å². The summed E-state index contributed by atoms with van der Waals surface area (Å²) in [6.07, 6.45) is 1.51. The fraction of sp³-hybridized carbons (Fsp3) is 0.235. The van der Waals surface area contributed by atoms with E-state index in [2.05, 4.69) is 16.0 Å². The Labute approximate surface area is 148 Å². The van der Waals surface area contributed by atoms with Crippen molar-refractivity contribution in [3.8, 4) is 11.5 Å². The molecule has 136 valence electrons. The molecule has 0 aliphatic carbocycles. The van der Waals surface area contributed by atoms with E-state index in [4.69, 9.17) is 13.9 Å². The van der Waals surface area contributed by atoms with Crippen LogP contribution in [-0.2, 0) is 16.1 Å². The first-order valence-corrected chi connectivity index (χ1v) is 7.85. The van der Waals surface area contributed by atoms with Gasteiger partial charge in [0.2, 0.25) is 18.6 Å². The molecule has 0 unspecified atom stereocenters. The highest BCUT2D eigenvalue weighted by molar-refractivity contribution is 5.97.